The van der Waals surface area contributed by atoms with Crippen LogP contribution in [0.25, 0.3) is 6.08 Å². The molecule has 7 heteroatoms. The Balaban J connectivity index is 1.64. The molecule has 1 aliphatic rings. The van der Waals surface area contributed by atoms with Gasteiger partial charge in [0.05, 0.1) is 19.6 Å². The lowest BCUT2D eigenvalue weighted by atomic mass is 9.83. The van der Waals surface area contributed by atoms with Crippen LogP contribution in [0.1, 0.15) is 29.5 Å². The van der Waals surface area contributed by atoms with Crippen molar-refractivity contribution in [3.05, 3.63) is 101 Å². The molecule has 176 valence electrons. The lowest BCUT2D eigenvalue weighted by molar-refractivity contribution is -0.128. The minimum atomic E-state index is -0.529. The first-order valence-corrected chi connectivity index (χ1v) is 11.0. The van der Waals surface area contributed by atoms with Gasteiger partial charge >= 0.3 is 5.97 Å². The first kappa shape index (κ1) is 23.5. The van der Waals surface area contributed by atoms with E-state index >= 15 is 0 Å². The van der Waals surface area contributed by atoms with Crippen LogP contribution in [0.5, 0.6) is 23.0 Å². The molecule has 4 rings (SSSR count). The summed E-state index contributed by atoms with van der Waals surface area (Å²) in [4.78, 5) is 12.3. The maximum Gasteiger partial charge on any atom is 0.336 e. The molecule has 35 heavy (non-hydrogen) atoms. The van der Waals surface area contributed by atoms with Gasteiger partial charge in [0.2, 0.25) is 5.88 Å². The molecule has 0 bridgehead atoms. The van der Waals surface area contributed by atoms with Crippen molar-refractivity contribution in [1.82, 2.24) is 0 Å². The fraction of sp³-hybridized carbons (Fsp3) is 0.143. The van der Waals surface area contributed by atoms with E-state index in [1.54, 1.807) is 37.5 Å². The quantitative estimate of drug-likeness (QED) is 0.298. The van der Waals surface area contributed by atoms with Crippen LogP contribution in [0.3, 0.4) is 0 Å². The van der Waals surface area contributed by atoms with Gasteiger partial charge in [-0.3, -0.25) is 0 Å². The fourth-order valence-corrected chi connectivity index (χ4v) is 3.86. The number of nitrogens with two attached hydrogens (primary N) is 1. The zero-order chi connectivity index (χ0) is 24.8. The second kappa shape index (κ2) is 10.5. The van der Waals surface area contributed by atoms with Crippen molar-refractivity contribution in [3.63, 3.8) is 0 Å². The van der Waals surface area contributed by atoms with Crippen molar-refractivity contribution >= 4 is 12.0 Å². The number of ether oxygens (including phenoxy) is 4. The highest BCUT2D eigenvalue weighted by Gasteiger charge is 2.31. The van der Waals surface area contributed by atoms with E-state index < -0.39 is 11.9 Å². The summed E-state index contributed by atoms with van der Waals surface area (Å²) >= 11 is 0. The number of nitrogens with zero attached hydrogens (tertiary/aromatic N) is 1. The Morgan fingerprint density at radius 3 is 2.63 bits per heavy atom. The molecule has 1 atom stereocenters. The van der Waals surface area contributed by atoms with Gasteiger partial charge in [-0.25, -0.2) is 4.79 Å². The largest absolute Gasteiger partial charge is 0.493 e. The zero-order valence-corrected chi connectivity index (χ0v) is 19.4. The third-order valence-electron chi connectivity index (χ3n) is 5.44. The number of fused-ring (bicyclic) bond motifs is 1. The highest BCUT2D eigenvalue weighted by atomic mass is 16.5. The molecule has 0 saturated carbocycles. The van der Waals surface area contributed by atoms with Gasteiger partial charge in [-0.15, -0.1) is 0 Å². The number of carbonyl (C=O) groups excluding carboxylic acids is 1. The lowest BCUT2D eigenvalue weighted by Gasteiger charge is -2.27. The Morgan fingerprint density at radius 2 is 1.91 bits per heavy atom. The van der Waals surface area contributed by atoms with Crippen molar-refractivity contribution in [3.8, 4) is 29.1 Å². The van der Waals surface area contributed by atoms with Crippen LogP contribution in [-0.4, -0.2) is 19.7 Å². The minimum Gasteiger partial charge on any atom is -0.493 e. The number of carbonyl (C=O) groups is 1. The molecular weight excluding hydrogens is 444 g/mol. The maximum atomic E-state index is 12.3. The summed E-state index contributed by atoms with van der Waals surface area (Å²) in [5.41, 5.74) is 8.76. The van der Waals surface area contributed by atoms with E-state index in [1.807, 2.05) is 49.4 Å². The van der Waals surface area contributed by atoms with Gasteiger partial charge < -0.3 is 24.7 Å². The predicted molar refractivity (Wildman–Crippen MR) is 131 cm³/mol. The molecule has 7 nitrogen and oxygen atoms in total. The summed E-state index contributed by atoms with van der Waals surface area (Å²) in [5.74, 6) is 0.815. The summed E-state index contributed by atoms with van der Waals surface area (Å²) in [6.45, 7) is 2.38. The van der Waals surface area contributed by atoms with Crippen molar-refractivity contribution < 1.29 is 23.7 Å². The van der Waals surface area contributed by atoms with Crippen LogP contribution >= 0.6 is 0 Å². The van der Waals surface area contributed by atoms with Gasteiger partial charge in [0.25, 0.3) is 0 Å². The molecular formula is C28H24N2O5. The smallest absolute Gasteiger partial charge is 0.336 e. The van der Waals surface area contributed by atoms with Crippen LogP contribution in [0, 0.1) is 11.3 Å². The van der Waals surface area contributed by atoms with Crippen LogP contribution in [0.2, 0.25) is 0 Å². The minimum absolute atomic E-state index is 0.00898. The summed E-state index contributed by atoms with van der Waals surface area (Å²) < 4.78 is 22.3. The summed E-state index contributed by atoms with van der Waals surface area (Å²) in [5, 5.41) is 9.81. The summed E-state index contributed by atoms with van der Waals surface area (Å²) in [6.07, 6.45) is 3.03. The number of hydrogen-bond donors (Lipinski definition) is 1. The van der Waals surface area contributed by atoms with E-state index in [9.17, 15) is 10.1 Å². The average molecular weight is 469 g/mol. The Kier molecular flexibility index (Phi) is 7.03. The summed E-state index contributed by atoms with van der Waals surface area (Å²) in [6, 6.07) is 22.1. The number of methoxy groups -OCH3 is 1. The highest BCUT2D eigenvalue weighted by molar-refractivity contribution is 5.88. The molecule has 3 aromatic carbocycles. The van der Waals surface area contributed by atoms with E-state index in [4.69, 9.17) is 24.7 Å². The Morgan fingerprint density at radius 1 is 1.11 bits per heavy atom. The number of nitriles is 1. The SMILES string of the molecule is CCOc1ccc(C2C(C#N)=C(N)Oc3cc(OC(=O)/C=C/c4ccccc4)ccc32)cc1OC. The topological polar surface area (TPSA) is 104 Å². The Labute approximate surface area is 203 Å². The molecule has 0 spiro atoms. The molecule has 0 aliphatic carbocycles. The van der Waals surface area contributed by atoms with Crippen molar-refractivity contribution in [2.24, 2.45) is 5.73 Å². The fourth-order valence-electron chi connectivity index (χ4n) is 3.86. The van der Waals surface area contributed by atoms with Crippen LogP contribution in [0.15, 0.2) is 84.3 Å². The number of esters is 1. The van der Waals surface area contributed by atoms with Gasteiger partial charge in [0.15, 0.2) is 11.5 Å². The first-order valence-electron chi connectivity index (χ1n) is 11.0. The van der Waals surface area contributed by atoms with E-state index in [2.05, 4.69) is 6.07 Å². The van der Waals surface area contributed by atoms with Crippen molar-refractivity contribution in [2.75, 3.05) is 13.7 Å². The highest BCUT2D eigenvalue weighted by Crippen LogP contribution is 2.45. The Bertz CT molecular complexity index is 1340. The summed E-state index contributed by atoms with van der Waals surface area (Å²) in [7, 11) is 1.56. The molecule has 2 N–H and O–H groups in total. The van der Waals surface area contributed by atoms with Crippen LogP contribution in [0.4, 0.5) is 0 Å². The first-order chi connectivity index (χ1) is 17.0. The lowest BCUT2D eigenvalue weighted by Crippen LogP contribution is -2.21. The van der Waals surface area contributed by atoms with E-state index in [1.165, 1.54) is 6.08 Å². The van der Waals surface area contributed by atoms with Gasteiger partial charge in [-0.2, -0.15) is 5.26 Å². The van der Waals surface area contributed by atoms with Crippen LogP contribution < -0.4 is 24.7 Å². The molecule has 0 saturated heterocycles. The standard InChI is InChI=1S/C28H24N2O5/c1-3-33-23-13-10-19(15-25(23)32-2)27-21-12-11-20(16-24(21)35-28(30)22(27)17-29)34-26(31)14-9-18-7-5-4-6-8-18/h4-16,27H,3,30H2,1-2H3/b14-9+. The molecule has 3 aromatic rings. The third-order valence-corrected chi connectivity index (χ3v) is 5.44. The third kappa shape index (κ3) is 5.12. The number of hydrogen-bond acceptors (Lipinski definition) is 7. The van der Waals surface area contributed by atoms with Gasteiger partial charge in [-0.1, -0.05) is 42.5 Å². The molecule has 1 aliphatic heterocycles. The van der Waals surface area contributed by atoms with Crippen LogP contribution in [-0.2, 0) is 4.79 Å². The van der Waals surface area contributed by atoms with E-state index in [-0.39, 0.29) is 11.5 Å². The number of rotatable bonds is 7. The van der Waals surface area contributed by atoms with Gasteiger partial charge in [-0.05, 0) is 42.3 Å². The maximum absolute atomic E-state index is 12.3. The van der Waals surface area contributed by atoms with Crippen molar-refractivity contribution in [2.45, 2.75) is 12.8 Å². The number of allylic oxidation sites excluding steroid dienone is 1. The molecule has 1 unspecified atom stereocenters. The molecule has 1 heterocycles. The molecule has 0 aromatic heterocycles. The second-order valence-corrected chi connectivity index (χ2v) is 7.63. The predicted octanol–water partition coefficient (Wildman–Crippen LogP) is 4.93. The Hall–Kier alpha value is -4.70. The normalized spacial score (nSPS) is 14.6. The number of benzene rings is 3. The van der Waals surface area contributed by atoms with Crippen molar-refractivity contribution in [1.29, 1.82) is 5.26 Å². The second-order valence-electron chi connectivity index (χ2n) is 7.63. The monoisotopic (exact) mass is 468 g/mol. The van der Waals surface area contributed by atoms with E-state index in [0.717, 1.165) is 11.1 Å². The molecule has 0 amide bonds. The molecule has 0 radical (unpaired) electrons. The molecule has 0 fully saturated rings. The van der Waals surface area contributed by atoms with Gasteiger partial charge in [0.1, 0.15) is 23.1 Å². The zero-order valence-electron chi connectivity index (χ0n) is 19.4. The average Bonchev–Trinajstić information content (AvgIpc) is 2.87. The van der Waals surface area contributed by atoms with Gasteiger partial charge in [0, 0.05) is 17.7 Å². The van der Waals surface area contributed by atoms with E-state index in [0.29, 0.717) is 35.2 Å².